The number of nitrogens with zero attached hydrogens (tertiary/aromatic N) is 1. The minimum Gasteiger partial charge on any atom is -0.309 e. The van der Waals surface area contributed by atoms with Gasteiger partial charge in [-0.25, -0.2) is 0 Å². The highest BCUT2D eigenvalue weighted by Crippen LogP contribution is 2.18. The van der Waals surface area contributed by atoms with Crippen LogP contribution in [0.1, 0.15) is 11.1 Å². The molecule has 1 aromatic carbocycles. The molecule has 0 bridgehead atoms. The molecule has 0 fully saturated rings. The zero-order chi connectivity index (χ0) is 12.1. The Labute approximate surface area is 123 Å². The molecule has 1 heterocycles. The number of nitrogens with one attached hydrogen (secondary N) is 1. The summed E-state index contributed by atoms with van der Waals surface area (Å²) in [5.41, 5.74) is 2.23. The van der Waals surface area contributed by atoms with Gasteiger partial charge in [-0.3, -0.25) is 4.98 Å². The van der Waals surface area contributed by atoms with Crippen molar-refractivity contribution in [2.75, 3.05) is 0 Å². The predicted octanol–water partition coefficient (Wildman–Crippen LogP) is 4.10. The van der Waals surface area contributed by atoms with Crippen molar-refractivity contribution >= 4 is 35.6 Å². The van der Waals surface area contributed by atoms with Crippen molar-refractivity contribution in [2.45, 2.75) is 13.1 Å². The minimum atomic E-state index is 0. The van der Waals surface area contributed by atoms with Crippen LogP contribution in [0.15, 0.2) is 42.7 Å². The maximum absolute atomic E-state index is 5.92. The third-order valence-corrected chi connectivity index (χ3v) is 2.74. The van der Waals surface area contributed by atoms with Gasteiger partial charge in [0.2, 0.25) is 0 Å². The van der Waals surface area contributed by atoms with E-state index in [9.17, 15) is 0 Å². The van der Waals surface area contributed by atoms with E-state index >= 15 is 0 Å². The molecule has 0 aliphatic heterocycles. The molecule has 2 nitrogen and oxygen atoms in total. The summed E-state index contributed by atoms with van der Waals surface area (Å²) in [5.74, 6) is 0. The average Bonchev–Trinajstić information content (AvgIpc) is 2.29. The van der Waals surface area contributed by atoms with Crippen molar-refractivity contribution < 1.29 is 0 Å². The van der Waals surface area contributed by atoms with Gasteiger partial charge in [0.05, 0.1) is 0 Å². The third-order valence-electron chi connectivity index (χ3n) is 2.30. The SMILES string of the molecule is Cl.Clc1cc(Cl)cc(CNCc2cccnc2)c1. The molecule has 0 saturated carbocycles. The second-order valence-electron chi connectivity index (χ2n) is 3.74. The number of benzene rings is 1. The Bertz CT molecular complexity index is 469. The van der Waals surface area contributed by atoms with Gasteiger partial charge >= 0.3 is 0 Å². The highest BCUT2D eigenvalue weighted by Gasteiger charge is 1.98. The Morgan fingerprint density at radius 3 is 2.28 bits per heavy atom. The first kappa shape index (κ1) is 15.3. The molecule has 0 aliphatic carbocycles. The van der Waals surface area contributed by atoms with Crippen molar-refractivity contribution in [1.29, 1.82) is 0 Å². The molecule has 0 aliphatic rings. The molecule has 0 radical (unpaired) electrons. The van der Waals surface area contributed by atoms with Crippen LogP contribution in [0.25, 0.3) is 0 Å². The fourth-order valence-electron chi connectivity index (χ4n) is 1.57. The highest BCUT2D eigenvalue weighted by molar-refractivity contribution is 6.34. The van der Waals surface area contributed by atoms with E-state index in [4.69, 9.17) is 23.2 Å². The zero-order valence-corrected chi connectivity index (χ0v) is 11.9. The molecular weight excluding hydrogens is 291 g/mol. The predicted molar refractivity (Wildman–Crippen MR) is 78.5 cm³/mol. The first-order chi connectivity index (χ1) is 8.24. The number of aromatic nitrogens is 1. The van der Waals surface area contributed by atoms with Gasteiger partial charge in [0, 0.05) is 35.5 Å². The van der Waals surface area contributed by atoms with Gasteiger partial charge in [-0.15, -0.1) is 12.4 Å². The fourth-order valence-corrected chi connectivity index (χ4v) is 2.14. The molecule has 0 spiro atoms. The molecule has 5 heteroatoms. The molecule has 18 heavy (non-hydrogen) atoms. The van der Waals surface area contributed by atoms with Gasteiger partial charge in [-0.1, -0.05) is 29.3 Å². The summed E-state index contributed by atoms with van der Waals surface area (Å²) < 4.78 is 0. The van der Waals surface area contributed by atoms with E-state index in [0.29, 0.717) is 10.0 Å². The second-order valence-corrected chi connectivity index (χ2v) is 4.62. The van der Waals surface area contributed by atoms with Crippen LogP contribution < -0.4 is 5.32 Å². The number of halogens is 3. The van der Waals surface area contributed by atoms with Crippen LogP contribution in [0.2, 0.25) is 10.0 Å². The lowest BCUT2D eigenvalue weighted by molar-refractivity contribution is 0.691. The van der Waals surface area contributed by atoms with Crippen LogP contribution in [0.3, 0.4) is 0 Å². The lowest BCUT2D eigenvalue weighted by Crippen LogP contribution is -2.12. The molecule has 0 saturated heterocycles. The van der Waals surface area contributed by atoms with Gasteiger partial charge < -0.3 is 5.32 Å². The van der Waals surface area contributed by atoms with E-state index < -0.39 is 0 Å². The normalized spacial score (nSPS) is 9.89. The Morgan fingerprint density at radius 2 is 1.67 bits per heavy atom. The monoisotopic (exact) mass is 302 g/mol. The summed E-state index contributed by atoms with van der Waals surface area (Å²) in [6.07, 6.45) is 3.61. The molecule has 2 aromatic rings. The number of hydrogen-bond acceptors (Lipinski definition) is 2. The average molecular weight is 304 g/mol. The molecule has 96 valence electrons. The third kappa shape index (κ3) is 4.83. The molecular formula is C13H13Cl3N2. The standard InChI is InChI=1S/C13H12Cl2N2.ClH/c14-12-4-11(5-13(15)6-12)9-17-8-10-2-1-3-16-7-10;/h1-7,17H,8-9H2;1H. The van der Waals surface area contributed by atoms with Gasteiger partial charge in [-0.2, -0.15) is 0 Å². The Kier molecular flexibility index (Phi) is 6.44. The van der Waals surface area contributed by atoms with E-state index in [1.54, 1.807) is 12.3 Å². The first-order valence-electron chi connectivity index (χ1n) is 5.28. The van der Waals surface area contributed by atoms with E-state index in [1.807, 2.05) is 30.5 Å². The number of pyridine rings is 1. The topological polar surface area (TPSA) is 24.9 Å². The summed E-state index contributed by atoms with van der Waals surface area (Å²) >= 11 is 11.8. The first-order valence-corrected chi connectivity index (χ1v) is 6.04. The van der Waals surface area contributed by atoms with E-state index in [-0.39, 0.29) is 12.4 Å². The second kappa shape index (κ2) is 7.59. The van der Waals surface area contributed by atoms with Crippen molar-refractivity contribution in [2.24, 2.45) is 0 Å². The molecule has 1 aromatic heterocycles. The van der Waals surface area contributed by atoms with E-state index in [1.165, 1.54) is 0 Å². The van der Waals surface area contributed by atoms with E-state index in [2.05, 4.69) is 10.3 Å². The number of rotatable bonds is 4. The van der Waals surface area contributed by atoms with Gasteiger partial charge in [0.25, 0.3) is 0 Å². The van der Waals surface area contributed by atoms with Crippen molar-refractivity contribution in [3.63, 3.8) is 0 Å². The van der Waals surface area contributed by atoms with Crippen molar-refractivity contribution in [1.82, 2.24) is 10.3 Å². The summed E-state index contributed by atoms with van der Waals surface area (Å²) in [7, 11) is 0. The lowest BCUT2D eigenvalue weighted by atomic mass is 10.2. The van der Waals surface area contributed by atoms with Crippen molar-refractivity contribution in [3.8, 4) is 0 Å². The van der Waals surface area contributed by atoms with Crippen LogP contribution >= 0.6 is 35.6 Å². The molecule has 0 unspecified atom stereocenters. The van der Waals surface area contributed by atoms with Crippen LogP contribution in [0, 0.1) is 0 Å². The Hall–Kier alpha value is -0.800. The Morgan fingerprint density at radius 1 is 1.00 bits per heavy atom. The molecule has 0 amide bonds. The van der Waals surface area contributed by atoms with Crippen LogP contribution in [0.4, 0.5) is 0 Å². The van der Waals surface area contributed by atoms with Gasteiger partial charge in [0.15, 0.2) is 0 Å². The smallest absolute Gasteiger partial charge is 0.0424 e. The number of hydrogen-bond donors (Lipinski definition) is 1. The highest BCUT2D eigenvalue weighted by atomic mass is 35.5. The maximum Gasteiger partial charge on any atom is 0.0424 e. The minimum absolute atomic E-state index is 0. The Balaban J connectivity index is 0.00000162. The maximum atomic E-state index is 5.92. The van der Waals surface area contributed by atoms with Crippen molar-refractivity contribution in [3.05, 3.63) is 63.9 Å². The summed E-state index contributed by atoms with van der Waals surface area (Å²) in [6.45, 7) is 1.51. The van der Waals surface area contributed by atoms with E-state index in [0.717, 1.165) is 24.2 Å². The quantitative estimate of drug-likeness (QED) is 0.920. The summed E-state index contributed by atoms with van der Waals surface area (Å²) in [4.78, 5) is 4.06. The van der Waals surface area contributed by atoms with Gasteiger partial charge in [-0.05, 0) is 35.4 Å². The zero-order valence-electron chi connectivity index (χ0n) is 9.57. The largest absolute Gasteiger partial charge is 0.309 e. The molecule has 2 rings (SSSR count). The van der Waals surface area contributed by atoms with Crippen LogP contribution in [0.5, 0.6) is 0 Å². The lowest BCUT2D eigenvalue weighted by Gasteiger charge is -2.06. The van der Waals surface area contributed by atoms with Crippen LogP contribution in [-0.4, -0.2) is 4.98 Å². The van der Waals surface area contributed by atoms with Crippen LogP contribution in [-0.2, 0) is 13.1 Å². The summed E-state index contributed by atoms with van der Waals surface area (Å²) in [5, 5.41) is 4.64. The molecule has 1 N–H and O–H groups in total. The van der Waals surface area contributed by atoms with Gasteiger partial charge in [0.1, 0.15) is 0 Å². The molecule has 0 atom stereocenters. The fraction of sp³-hybridized carbons (Fsp3) is 0.154. The summed E-state index contributed by atoms with van der Waals surface area (Å²) in [6, 6.07) is 9.50.